The van der Waals surface area contributed by atoms with Gasteiger partial charge in [0.1, 0.15) is 0 Å². The number of hydrogen-bond acceptors (Lipinski definition) is 2. The molecule has 0 amide bonds. The van der Waals surface area contributed by atoms with E-state index >= 15 is 0 Å². The fraction of sp³-hybridized carbons (Fsp3) is 0.417. The van der Waals surface area contributed by atoms with Gasteiger partial charge in [-0.15, -0.1) is 12.6 Å². The predicted octanol–water partition coefficient (Wildman–Crippen LogP) is 2.81. The highest BCUT2D eigenvalue weighted by molar-refractivity contribution is 7.97. The lowest BCUT2D eigenvalue weighted by atomic mass is 10.0. The smallest absolute Gasteiger partial charge is 0.216 e. The van der Waals surface area contributed by atoms with Crippen LogP contribution in [0.5, 0.6) is 0 Å². The number of carbonyl (C=O) groups excluding carboxylic acids is 1. The van der Waals surface area contributed by atoms with Gasteiger partial charge in [-0.25, -0.2) is 0 Å². The van der Waals surface area contributed by atoms with Crippen LogP contribution in [0.2, 0.25) is 19.6 Å². The van der Waals surface area contributed by atoms with Crippen LogP contribution in [-0.2, 0) is 5.16 Å². The third kappa shape index (κ3) is 2.39. The minimum atomic E-state index is -1.61. The monoisotopic (exact) mass is 253 g/mol. The van der Waals surface area contributed by atoms with Crippen molar-refractivity contribution in [3.8, 4) is 0 Å². The van der Waals surface area contributed by atoms with Crippen LogP contribution in [0.3, 0.4) is 0 Å². The van der Waals surface area contributed by atoms with E-state index in [1.165, 1.54) is 0 Å². The lowest BCUT2D eigenvalue weighted by Gasteiger charge is -2.38. The summed E-state index contributed by atoms with van der Waals surface area (Å²) in [4.78, 5) is 11.5. The van der Waals surface area contributed by atoms with Crippen molar-refractivity contribution in [1.29, 1.82) is 0 Å². The van der Waals surface area contributed by atoms with Gasteiger partial charge in [0.25, 0.3) is 0 Å². The van der Waals surface area contributed by atoms with E-state index in [1.54, 1.807) is 6.07 Å². The van der Waals surface area contributed by atoms with E-state index in [4.69, 9.17) is 5.73 Å². The summed E-state index contributed by atoms with van der Waals surface area (Å²) < 4.78 is 0. The third-order valence-electron chi connectivity index (χ3n) is 3.27. The van der Waals surface area contributed by atoms with Gasteiger partial charge in [0.15, 0.2) is 0 Å². The molecule has 0 spiro atoms. The Bertz CT molecular complexity index is 410. The molecule has 1 aromatic rings. The Morgan fingerprint density at radius 1 is 1.31 bits per heavy atom. The minimum Gasteiger partial charge on any atom is -0.324 e. The van der Waals surface area contributed by atoms with E-state index in [9.17, 15) is 4.79 Å². The molecule has 2 N–H and O–H groups in total. The second kappa shape index (κ2) is 4.35. The maximum Gasteiger partial charge on any atom is 0.216 e. The zero-order chi connectivity index (χ0) is 12.6. The van der Waals surface area contributed by atoms with Crippen molar-refractivity contribution < 1.29 is 4.79 Å². The van der Waals surface area contributed by atoms with Gasteiger partial charge in [0.05, 0.1) is 8.07 Å². The second-order valence-corrected chi connectivity index (χ2v) is 11.2. The average molecular weight is 253 g/mol. The summed E-state index contributed by atoms with van der Waals surface area (Å²) in [5.74, 6) is 0. The zero-order valence-corrected chi connectivity index (χ0v) is 12.1. The van der Waals surface area contributed by atoms with Crippen molar-refractivity contribution in [2.75, 3.05) is 0 Å². The number of carbonyl (C=O) groups is 1. The molecule has 0 saturated heterocycles. The third-order valence-corrected chi connectivity index (χ3v) is 6.90. The molecule has 0 saturated carbocycles. The first-order valence-electron chi connectivity index (χ1n) is 5.29. The minimum absolute atomic E-state index is 0.217. The predicted molar refractivity (Wildman–Crippen MR) is 74.6 cm³/mol. The molecule has 0 aliphatic carbocycles. The second-order valence-electron chi connectivity index (χ2n) is 5.30. The largest absolute Gasteiger partial charge is 0.324 e. The molecule has 2 nitrogen and oxygen atoms in total. The number of thiol groups is 1. The summed E-state index contributed by atoms with van der Waals surface area (Å²) in [5.41, 5.74) is 7.96. The maximum atomic E-state index is 11.5. The van der Waals surface area contributed by atoms with Crippen molar-refractivity contribution in [3.05, 3.63) is 35.4 Å². The lowest BCUT2D eigenvalue weighted by molar-refractivity contribution is 0.109. The van der Waals surface area contributed by atoms with Crippen LogP contribution < -0.4 is 5.73 Å². The molecular formula is C12H19NOSSi. The molecule has 1 atom stereocenters. The molecule has 1 aromatic carbocycles. The summed E-state index contributed by atoms with van der Waals surface area (Å²) in [6, 6.07) is 7.48. The first-order chi connectivity index (χ1) is 7.18. The van der Waals surface area contributed by atoms with Crippen molar-refractivity contribution >= 4 is 25.8 Å². The Morgan fingerprint density at radius 3 is 2.25 bits per heavy atom. The Hall–Kier alpha value is -0.583. The zero-order valence-electron chi connectivity index (χ0n) is 10.2. The molecule has 1 unspecified atom stereocenters. The molecule has 16 heavy (non-hydrogen) atoms. The summed E-state index contributed by atoms with van der Waals surface area (Å²) in [6.07, 6.45) is 0. The van der Waals surface area contributed by atoms with Crippen molar-refractivity contribution in [2.45, 2.75) is 31.7 Å². The Balaban J connectivity index is 3.39. The summed E-state index contributed by atoms with van der Waals surface area (Å²) in [7, 11) is -1.61. The quantitative estimate of drug-likeness (QED) is 0.642. The van der Waals surface area contributed by atoms with Crippen LogP contribution >= 0.6 is 12.6 Å². The van der Waals surface area contributed by atoms with Gasteiger partial charge >= 0.3 is 0 Å². The molecule has 0 fully saturated rings. The van der Waals surface area contributed by atoms with Crippen LogP contribution in [0.4, 0.5) is 0 Å². The normalized spacial score (nSPS) is 15.6. The van der Waals surface area contributed by atoms with Gasteiger partial charge in [0.2, 0.25) is 5.12 Å². The van der Waals surface area contributed by atoms with E-state index in [1.807, 2.05) is 25.1 Å². The van der Waals surface area contributed by atoms with Crippen LogP contribution in [0.15, 0.2) is 24.3 Å². The van der Waals surface area contributed by atoms with E-state index < -0.39 is 13.2 Å². The van der Waals surface area contributed by atoms with Crippen LogP contribution in [0, 0.1) is 0 Å². The first kappa shape index (κ1) is 13.5. The van der Waals surface area contributed by atoms with E-state index in [0.29, 0.717) is 5.56 Å². The fourth-order valence-electron chi connectivity index (χ4n) is 1.53. The Kier molecular flexibility index (Phi) is 3.67. The molecule has 0 aromatic heterocycles. The molecular weight excluding hydrogens is 234 g/mol. The highest BCUT2D eigenvalue weighted by Crippen LogP contribution is 2.31. The number of benzene rings is 1. The molecule has 1 rings (SSSR count). The maximum absolute atomic E-state index is 11.5. The molecule has 0 radical (unpaired) electrons. The van der Waals surface area contributed by atoms with Gasteiger partial charge < -0.3 is 5.73 Å². The highest BCUT2D eigenvalue weighted by Gasteiger charge is 2.38. The Labute approximate surface area is 104 Å². The van der Waals surface area contributed by atoms with Crippen molar-refractivity contribution in [1.82, 2.24) is 0 Å². The molecule has 0 aliphatic heterocycles. The summed E-state index contributed by atoms with van der Waals surface area (Å²) in [5, 5.41) is -0.646. The lowest BCUT2D eigenvalue weighted by Crippen LogP contribution is -2.54. The number of rotatable bonds is 3. The standard InChI is InChI=1S/C12H19NOSSi/c1-12(13,16(2,3)4)10-8-6-5-7-9(10)11(14)15/h5-8H,13H2,1-4H3,(H,14,15). The fourth-order valence-corrected chi connectivity index (χ4v) is 2.75. The van der Waals surface area contributed by atoms with Gasteiger partial charge in [-0.3, -0.25) is 4.79 Å². The molecule has 88 valence electrons. The molecule has 0 heterocycles. The van der Waals surface area contributed by atoms with Gasteiger partial charge in [-0.1, -0.05) is 43.9 Å². The van der Waals surface area contributed by atoms with Crippen LogP contribution in [0.1, 0.15) is 22.8 Å². The summed E-state index contributed by atoms with van der Waals surface area (Å²) >= 11 is 3.91. The number of nitrogens with two attached hydrogens (primary N) is 1. The van der Waals surface area contributed by atoms with Gasteiger partial charge in [-0.05, 0) is 12.5 Å². The van der Waals surface area contributed by atoms with E-state index in [0.717, 1.165) is 5.56 Å². The van der Waals surface area contributed by atoms with E-state index in [2.05, 4.69) is 32.3 Å². The van der Waals surface area contributed by atoms with Gasteiger partial charge in [-0.2, -0.15) is 0 Å². The topological polar surface area (TPSA) is 43.1 Å². The van der Waals surface area contributed by atoms with Crippen LogP contribution in [0.25, 0.3) is 0 Å². The van der Waals surface area contributed by atoms with Crippen molar-refractivity contribution in [2.24, 2.45) is 5.73 Å². The first-order valence-corrected chi connectivity index (χ1v) is 9.24. The highest BCUT2D eigenvalue weighted by atomic mass is 32.1. The Morgan fingerprint density at radius 2 is 1.81 bits per heavy atom. The molecule has 0 bridgehead atoms. The van der Waals surface area contributed by atoms with Crippen molar-refractivity contribution in [3.63, 3.8) is 0 Å². The number of hydrogen-bond donors (Lipinski definition) is 2. The van der Waals surface area contributed by atoms with Crippen LogP contribution in [-0.4, -0.2) is 13.2 Å². The summed E-state index contributed by atoms with van der Waals surface area (Å²) in [6.45, 7) is 8.61. The van der Waals surface area contributed by atoms with E-state index in [-0.39, 0.29) is 5.12 Å². The molecule has 0 aliphatic rings. The average Bonchev–Trinajstić information content (AvgIpc) is 2.16. The SMILES string of the molecule is CC(N)(c1ccccc1C(=O)S)[Si](C)(C)C. The van der Waals surface area contributed by atoms with Gasteiger partial charge in [0, 0.05) is 10.7 Å². The molecule has 4 heteroatoms.